The lowest BCUT2D eigenvalue weighted by atomic mass is 10.0. The molecule has 0 amide bonds. The van der Waals surface area contributed by atoms with E-state index in [0.717, 1.165) is 12.8 Å². The molecule has 0 radical (unpaired) electrons. The smallest absolute Gasteiger partial charge is 0.347 e. The van der Waals surface area contributed by atoms with Gasteiger partial charge in [-0.25, -0.2) is 4.79 Å². The summed E-state index contributed by atoms with van der Waals surface area (Å²) in [5.74, 6) is 0.334. The maximum Gasteiger partial charge on any atom is 0.347 e. The van der Waals surface area contributed by atoms with Crippen LogP contribution in [0.2, 0.25) is 0 Å². The largest absolute Gasteiger partial charge is 0.479 e. The second-order valence-corrected chi connectivity index (χ2v) is 6.90. The molecule has 1 unspecified atom stereocenters. The highest BCUT2D eigenvalue weighted by atomic mass is 16.6. The van der Waals surface area contributed by atoms with Crippen molar-refractivity contribution in [1.29, 1.82) is 0 Å². The number of hydrogen-bond acceptors (Lipinski definition) is 4. The zero-order valence-corrected chi connectivity index (χ0v) is 16.7. The Morgan fingerprint density at radius 1 is 0.962 bits per heavy atom. The number of carbonyl (C=O) groups is 1. The molecule has 1 atom stereocenters. The van der Waals surface area contributed by atoms with Crippen LogP contribution in [0.4, 0.5) is 5.69 Å². The summed E-state index contributed by atoms with van der Waals surface area (Å²) < 4.78 is 11.0. The van der Waals surface area contributed by atoms with Crippen LogP contribution in [-0.4, -0.2) is 18.7 Å². The molecular formula is C22H37NO3. The summed E-state index contributed by atoms with van der Waals surface area (Å²) in [5, 5.41) is 0. The Morgan fingerprint density at radius 3 is 2.15 bits per heavy atom. The molecule has 0 fully saturated rings. The van der Waals surface area contributed by atoms with E-state index in [1.165, 1.54) is 51.4 Å². The summed E-state index contributed by atoms with van der Waals surface area (Å²) in [6.45, 7) is 4.43. The first-order valence-electron chi connectivity index (χ1n) is 10.4. The first kappa shape index (κ1) is 22.3. The summed E-state index contributed by atoms with van der Waals surface area (Å²) in [4.78, 5) is 12.1. The predicted molar refractivity (Wildman–Crippen MR) is 108 cm³/mol. The van der Waals surface area contributed by atoms with Crippen LogP contribution in [0.1, 0.15) is 84.5 Å². The Morgan fingerprint density at radius 2 is 1.58 bits per heavy atom. The van der Waals surface area contributed by atoms with Crippen LogP contribution in [0.15, 0.2) is 24.3 Å². The minimum atomic E-state index is -0.550. The van der Waals surface area contributed by atoms with Gasteiger partial charge in [-0.3, -0.25) is 0 Å². The molecule has 26 heavy (non-hydrogen) atoms. The number of anilines is 1. The SMILES string of the molecule is CCCCCCCCCCCCC(Oc1cccc(N)c1)C(=O)OCC. The van der Waals surface area contributed by atoms with E-state index in [1.807, 2.05) is 19.1 Å². The first-order valence-corrected chi connectivity index (χ1v) is 10.4. The maximum absolute atomic E-state index is 12.1. The van der Waals surface area contributed by atoms with E-state index in [-0.39, 0.29) is 5.97 Å². The number of carbonyl (C=O) groups excluding carboxylic acids is 1. The van der Waals surface area contributed by atoms with Gasteiger partial charge in [-0.2, -0.15) is 0 Å². The van der Waals surface area contributed by atoms with Gasteiger partial charge < -0.3 is 15.2 Å². The Kier molecular flexibility index (Phi) is 12.4. The fourth-order valence-electron chi connectivity index (χ4n) is 3.03. The summed E-state index contributed by atoms with van der Waals surface area (Å²) in [5.41, 5.74) is 6.41. The molecule has 148 valence electrons. The molecule has 1 rings (SSSR count). The Bertz CT molecular complexity index is 490. The van der Waals surface area contributed by atoms with Crippen LogP contribution in [0, 0.1) is 0 Å². The molecule has 0 saturated heterocycles. The van der Waals surface area contributed by atoms with Gasteiger partial charge in [0.05, 0.1) is 6.61 Å². The number of unbranched alkanes of at least 4 members (excludes halogenated alkanes) is 9. The van der Waals surface area contributed by atoms with Crippen molar-refractivity contribution in [3.8, 4) is 5.75 Å². The van der Waals surface area contributed by atoms with E-state index in [9.17, 15) is 4.79 Å². The van der Waals surface area contributed by atoms with Gasteiger partial charge in [-0.1, -0.05) is 70.8 Å². The van der Waals surface area contributed by atoms with Crippen LogP contribution >= 0.6 is 0 Å². The molecule has 2 N–H and O–H groups in total. The lowest BCUT2D eigenvalue weighted by molar-refractivity contribution is -0.151. The Balaban J connectivity index is 2.25. The molecule has 0 aliphatic carbocycles. The number of rotatable bonds is 15. The topological polar surface area (TPSA) is 61.5 Å². The average molecular weight is 364 g/mol. The molecule has 4 nitrogen and oxygen atoms in total. The molecule has 0 spiro atoms. The van der Waals surface area contributed by atoms with Crippen LogP contribution in [0.25, 0.3) is 0 Å². The summed E-state index contributed by atoms with van der Waals surface area (Å²) in [6.07, 6.45) is 12.8. The van der Waals surface area contributed by atoms with Gasteiger partial charge in [0.1, 0.15) is 5.75 Å². The highest BCUT2D eigenvalue weighted by Crippen LogP contribution is 2.19. The quantitative estimate of drug-likeness (QED) is 0.240. The minimum Gasteiger partial charge on any atom is -0.479 e. The predicted octanol–water partition coefficient (Wildman–Crippen LogP) is 5.89. The molecule has 0 bridgehead atoms. The van der Waals surface area contributed by atoms with Crippen molar-refractivity contribution in [3.05, 3.63) is 24.3 Å². The number of nitrogen functional groups attached to an aromatic ring is 1. The Hall–Kier alpha value is -1.71. The molecular weight excluding hydrogens is 326 g/mol. The second-order valence-electron chi connectivity index (χ2n) is 6.90. The van der Waals surface area contributed by atoms with E-state index in [2.05, 4.69) is 6.92 Å². The number of benzene rings is 1. The molecule has 1 aromatic rings. The zero-order chi connectivity index (χ0) is 19.0. The molecule has 1 aromatic carbocycles. The third-order valence-electron chi connectivity index (χ3n) is 4.51. The minimum absolute atomic E-state index is 0.286. The van der Waals surface area contributed by atoms with Crippen molar-refractivity contribution in [1.82, 2.24) is 0 Å². The van der Waals surface area contributed by atoms with Crippen molar-refractivity contribution < 1.29 is 14.3 Å². The summed E-state index contributed by atoms with van der Waals surface area (Å²) >= 11 is 0. The van der Waals surface area contributed by atoms with Crippen molar-refractivity contribution in [2.75, 3.05) is 12.3 Å². The summed E-state index contributed by atoms with van der Waals surface area (Å²) in [6, 6.07) is 7.19. The third kappa shape index (κ3) is 10.3. The van der Waals surface area contributed by atoms with Gasteiger partial charge in [-0.05, 0) is 31.9 Å². The molecule has 0 heterocycles. The van der Waals surface area contributed by atoms with E-state index in [0.29, 0.717) is 24.5 Å². The molecule has 4 heteroatoms. The van der Waals surface area contributed by atoms with E-state index in [4.69, 9.17) is 15.2 Å². The van der Waals surface area contributed by atoms with Crippen molar-refractivity contribution in [3.63, 3.8) is 0 Å². The number of esters is 1. The van der Waals surface area contributed by atoms with Gasteiger partial charge >= 0.3 is 5.97 Å². The standard InChI is InChI=1S/C22H37NO3/c1-3-5-6-7-8-9-10-11-12-13-17-21(22(24)25-4-2)26-20-16-14-15-19(23)18-20/h14-16,18,21H,3-13,17,23H2,1-2H3. The van der Waals surface area contributed by atoms with Gasteiger partial charge in [0.25, 0.3) is 0 Å². The van der Waals surface area contributed by atoms with E-state index >= 15 is 0 Å². The lowest BCUT2D eigenvalue weighted by Gasteiger charge is -2.18. The molecule has 0 aliphatic heterocycles. The zero-order valence-electron chi connectivity index (χ0n) is 16.7. The van der Waals surface area contributed by atoms with Crippen LogP contribution in [0.5, 0.6) is 5.75 Å². The Labute approximate surface area is 159 Å². The number of nitrogens with two attached hydrogens (primary N) is 1. The van der Waals surface area contributed by atoms with E-state index < -0.39 is 6.10 Å². The third-order valence-corrected chi connectivity index (χ3v) is 4.51. The van der Waals surface area contributed by atoms with Gasteiger partial charge in [-0.15, -0.1) is 0 Å². The fraction of sp³-hybridized carbons (Fsp3) is 0.682. The van der Waals surface area contributed by atoms with E-state index in [1.54, 1.807) is 12.1 Å². The van der Waals surface area contributed by atoms with Gasteiger partial charge in [0.15, 0.2) is 6.10 Å². The monoisotopic (exact) mass is 363 g/mol. The van der Waals surface area contributed by atoms with Gasteiger partial charge in [0.2, 0.25) is 0 Å². The molecule has 0 aromatic heterocycles. The van der Waals surface area contributed by atoms with Crippen LogP contribution in [-0.2, 0) is 9.53 Å². The highest BCUT2D eigenvalue weighted by Gasteiger charge is 2.21. The van der Waals surface area contributed by atoms with Crippen LogP contribution in [0.3, 0.4) is 0 Å². The van der Waals surface area contributed by atoms with Crippen molar-refractivity contribution in [2.45, 2.75) is 90.6 Å². The highest BCUT2D eigenvalue weighted by molar-refractivity contribution is 5.75. The normalized spacial score (nSPS) is 11.9. The van der Waals surface area contributed by atoms with Crippen molar-refractivity contribution >= 4 is 11.7 Å². The molecule has 0 saturated carbocycles. The van der Waals surface area contributed by atoms with Crippen molar-refractivity contribution in [2.24, 2.45) is 0 Å². The average Bonchev–Trinajstić information content (AvgIpc) is 2.62. The maximum atomic E-state index is 12.1. The second kappa shape index (κ2) is 14.5. The number of ether oxygens (including phenoxy) is 2. The fourth-order valence-corrected chi connectivity index (χ4v) is 3.03. The van der Waals surface area contributed by atoms with Crippen LogP contribution < -0.4 is 10.5 Å². The first-order chi connectivity index (χ1) is 12.7. The number of hydrogen-bond donors (Lipinski definition) is 1. The summed E-state index contributed by atoms with van der Waals surface area (Å²) in [7, 11) is 0. The lowest BCUT2D eigenvalue weighted by Crippen LogP contribution is -2.29. The van der Waals surface area contributed by atoms with Gasteiger partial charge in [0, 0.05) is 11.8 Å². The molecule has 0 aliphatic rings.